The molecule has 2 aromatic carbocycles. The molecule has 6 nitrogen and oxygen atoms in total. The number of halogens is 1. The molecule has 3 amide bonds. The van der Waals surface area contributed by atoms with Crippen LogP contribution in [0.25, 0.3) is 6.08 Å². The molecule has 0 radical (unpaired) electrons. The van der Waals surface area contributed by atoms with Crippen molar-refractivity contribution in [2.24, 2.45) is 0 Å². The topological polar surface area (TPSA) is 66.9 Å². The molecule has 4 rings (SSSR count). The molecule has 2 heterocycles. The van der Waals surface area contributed by atoms with Crippen LogP contribution in [0.1, 0.15) is 24.0 Å². The van der Waals surface area contributed by atoms with Crippen molar-refractivity contribution in [1.29, 1.82) is 0 Å². The molecule has 160 valence electrons. The number of imide groups is 1. The number of benzene rings is 2. The highest BCUT2D eigenvalue weighted by atomic mass is 35.5. The molecule has 2 aliphatic heterocycles. The zero-order valence-electron chi connectivity index (χ0n) is 16.8. The summed E-state index contributed by atoms with van der Waals surface area (Å²) in [6.07, 6.45) is 3.59. The fraction of sp³-hybridized carbons (Fsp3) is 0.261. The number of likely N-dealkylation sites (tertiary alicyclic amines) is 1. The summed E-state index contributed by atoms with van der Waals surface area (Å²) in [6, 6.07) is 14.7. The van der Waals surface area contributed by atoms with Crippen LogP contribution < -0.4 is 4.74 Å². The standard InChI is InChI=1S/C23H21ClN2O4S/c24-18-7-3-17(4-8-18)15-30-19-9-5-16(6-10-19)13-20-22(28)26(23(29)31-20)14-21(27)25-11-1-2-12-25/h3-10,13H,1-2,11-12,14-15H2/b20-13+. The van der Waals surface area contributed by atoms with Crippen LogP contribution in [0, 0.1) is 0 Å². The third kappa shape index (κ3) is 5.29. The Bertz CT molecular complexity index is 1010. The summed E-state index contributed by atoms with van der Waals surface area (Å²) in [5, 5.41) is 0.268. The number of rotatable bonds is 6. The van der Waals surface area contributed by atoms with Crippen molar-refractivity contribution in [2.45, 2.75) is 19.4 Å². The molecule has 8 heteroatoms. The van der Waals surface area contributed by atoms with E-state index >= 15 is 0 Å². The first-order valence-corrected chi connectivity index (χ1v) is 11.2. The highest BCUT2D eigenvalue weighted by Crippen LogP contribution is 2.32. The molecule has 2 saturated heterocycles. The van der Waals surface area contributed by atoms with Crippen LogP contribution in [-0.4, -0.2) is 46.5 Å². The summed E-state index contributed by atoms with van der Waals surface area (Å²) in [5.41, 5.74) is 1.78. The van der Waals surface area contributed by atoms with Gasteiger partial charge >= 0.3 is 0 Å². The average Bonchev–Trinajstić information content (AvgIpc) is 3.39. The molecule has 2 aromatic rings. The third-order valence-electron chi connectivity index (χ3n) is 5.12. The number of carbonyl (C=O) groups is 3. The number of nitrogens with zero attached hydrogens (tertiary/aromatic N) is 2. The minimum atomic E-state index is -0.425. The smallest absolute Gasteiger partial charge is 0.294 e. The molecule has 0 bridgehead atoms. The summed E-state index contributed by atoms with van der Waals surface area (Å²) in [5.74, 6) is 0.0882. The lowest BCUT2D eigenvalue weighted by molar-refractivity contribution is -0.135. The van der Waals surface area contributed by atoms with E-state index in [0.29, 0.717) is 35.4 Å². The zero-order valence-corrected chi connectivity index (χ0v) is 18.3. The summed E-state index contributed by atoms with van der Waals surface area (Å²) in [4.78, 5) is 40.2. The fourth-order valence-corrected chi connectivity index (χ4v) is 4.36. The molecular weight excluding hydrogens is 436 g/mol. The van der Waals surface area contributed by atoms with Gasteiger partial charge in [0.25, 0.3) is 11.1 Å². The number of hydrogen-bond acceptors (Lipinski definition) is 5. The summed E-state index contributed by atoms with van der Waals surface area (Å²) >= 11 is 6.74. The van der Waals surface area contributed by atoms with Crippen molar-refractivity contribution in [3.63, 3.8) is 0 Å². The van der Waals surface area contributed by atoms with E-state index in [1.54, 1.807) is 11.0 Å². The Morgan fingerprint density at radius 1 is 1.03 bits per heavy atom. The molecule has 0 atom stereocenters. The lowest BCUT2D eigenvalue weighted by Crippen LogP contribution is -2.40. The monoisotopic (exact) mass is 456 g/mol. The number of carbonyl (C=O) groups excluding carboxylic acids is 3. The second-order valence-electron chi connectivity index (χ2n) is 7.34. The molecule has 0 saturated carbocycles. The van der Waals surface area contributed by atoms with Gasteiger partial charge in [0, 0.05) is 18.1 Å². The van der Waals surface area contributed by atoms with E-state index in [9.17, 15) is 14.4 Å². The Morgan fingerprint density at radius 3 is 2.39 bits per heavy atom. The Hall–Kier alpha value is -2.77. The lowest BCUT2D eigenvalue weighted by atomic mass is 10.2. The Morgan fingerprint density at radius 2 is 1.71 bits per heavy atom. The van der Waals surface area contributed by atoms with Gasteiger partial charge in [0.15, 0.2) is 0 Å². The fourth-order valence-electron chi connectivity index (χ4n) is 3.40. The normalized spacial score (nSPS) is 17.6. The minimum absolute atomic E-state index is 0.178. The van der Waals surface area contributed by atoms with Gasteiger partial charge in [-0.15, -0.1) is 0 Å². The zero-order chi connectivity index (χ0) is 21.8. The lowest BCUT2D eigenvalue weighted by Gasteiger charge is -2.18. The molecule has 0 aliphatic carbocycles. The maximum Gasteiger partial charge on any atom is 0.294 e. The molecule has 2 fully saturated rings. The number of hydrogen-bond donors (Lipinski definition) is 0. The van der Waals surface area contributed by atoms with Gasteiger partial charge in [-0.2, -0.15) is 0 Å². The number of thioether (sulfide) groups is 1. The molecule has 31 heavy (non-hydrogen) atoms. The number of ether oxygens (including phenoxy) is 1. The summed E-state index contributed by atoms with van der Waals surface area (Å²) in [7, 11) is 0. The quantitative estimate of drug-likeness (QED) is 0.595. The second-order valence-corrected chi connectivity index (χ2v) is 8.77. The van der Waals surface area contributed by atoms with Crippen LogP contribution in [0.5, 0.6) is 5.75 Å². The van der Waals surface area contributed by atoms with Crippen LogP contribution >= 0.6 is 23.4 Å². The highest BCUT2D eigenvalue weighted by molar-refractivity contribution is 8.18. The average molecular weight is 457 g/mol. The first kappa shape index (κ1) is 21.5. The van der Waals surface area contributed by atoms with Crippen LogP contribution in [0.3, 0.4) is 0 Å². The van der Waals surface area contributed by atoms with Crippen LogP contribution in [-0.2, 0) is 16.2 Å². The van der Waals surface area contributed by atoms with Gasteiger partial charge in [0.05, 0.1) is 4.91 Å². The van der Waals surface area contributed by atoms with Crippen LogP contribution in [0.4, 0.5) is 4.79 Å². The van der Waals surface area contributed by atoms with Crippen molar-refractivity contribution in [3.8, 4) is 5.75 Å². The van der Waals surface area contributed by atoms with Gasteiger partial charge in [-0.05, 0) is 66.1 Å². The van der Waals surface area contributed by atoms with Crippen LogP contribution in [0.2, 0.25) is 5.02 Å². The van der Waals surface area contributed by atoms with Crippen LogP contribution in [0.15, 0.2) is 53.4 Å². The van der Waals surface area contributed by atoms with Gasteiger partial charge in [-0.25, -0.2) is 0 Å². The van der Waals surface area contributed by atoms with E-state index in [1.165, 1.54) is 0 Å². The first-order valence-electron chi connectivity index (χ1n) is 10.00. The van der Waals surface area contributed by atoms with E-state index in [1.807, 2.05) is 48.5 Å². The number of amides is 3. The van der Waals surface area contributed by atoms with E-state index in [4.69, 9.17) is 16.3 Å². The Kier molecular flexibility index (Phi) is 6.63. The van der Waals surface area contributed by atoms with E-state index < -0.39 is 11.1 Å². The van der Waals surface area contributed by atoms with Crippen molar-refractivity contribution in [1.82, 2.24) is 9.80 Å². The van der Waals surface area contributed by atoms with Crippen molar-refractivity contribution >= 4 is 46.5 Å². The first-order chi connectivity index (χ1) is 15.0. The molecule has 0 N–H and O–H groups in total. The Labute approximate surface area is 189 Å². The van der Waals surface area contributed by atoms with Gasteiger partial charge in [0.1, 0.15) is 18.9 Å². The van der Waals surface area contributed by atoms with Gasteiger partial charge in [-0.1, -0.05) is 35.9 Å². The molecule has 2 aliphatic rings. The third-order valence-corrected chi connectivity index (χ3v) is 6.28. The second kappa shape index (κ2) is 9.58. The molecular formula is C23H21ClN2O4S. The van der Waals surface area contributed by atoms with E-state index in [-0.39, 0.29) is 12.5 Å². The van der Waals surface area contributed by atoms with Crippen molar-refractivity contribution in [2.75, 3.05) is 19.6 Å². The summed E-state index contributed by atoms with van der Waals surface area (Å²) in [6.45, 7) is 1.61. The van der Waals surface area contributed by atoms with E-state index in [0.717, 1.165) is 40.6 Å². The van der Waals surface area contributed by atoms with Crippen molar-refractivity contribution < 1.29 is 19.1 Å². The van der Waals surface area contributed by atoms with Gasteiger partial charge in [-0.3, -0.25) is 19.3 Å². The Balaban J connectivity index is 1.36. The molecule has 0 aromatic heterocycles. The van der Waals surface area contributed by atoms with Gasteiger partial charge in [0.2, 0.25) is 5.91 Å². The van der Waals surface area contributed by atoms with Crippen molar-refractivity contribution in [3.05, 3.63) is 69.6 Å². The minimum Gasteiger partial charge on any atom is -0.489 e. The highest BCUT2D eigenvalue weighted by Gasteiger charge is 2.37. The summed E-state index contributed by atoms with van der Waals surface area (Å²) < 4.78 is 5.76. The predicted molar refractivity (Wildman–Crippen MR) is 121 cm³/mol. The largest absolute Gasteiger partial charge is 0.489 e. The SMILES string of the molecule is O=C(CN1C(=O)S/C(=C/c2ccc(OCc3ccc(Cl)cc3)cc2)C1=O)N1CCCC1. The van der Waals surface area contributed by atoms with E-state index in [2.05, 4.69) is 0 Å². The van der Waals surface area contributed by atoms with Gasteiger partial charge < -0.3 is 9.64 Å². The maximum absolute atomic E-state index is 12.6. The maximum atomic E-state index is 12.6. The molecule has 0 unspecified atom stereocenters. The molecule has 0 spiro atoms. The predicted octanol–water partition coefficient (Wildman–Crippen LogP) is 4.58.